The van der Waals surface area contributed by atoms with E-state index in [9.17, 15) is 9.18 Å². The van der Waals surface area contributed by atoms with Crippen LogP contribution >= 0.6 is 0 Å². The second kappa shape index (κ2) is 5.96. The van der Waals surface area contributed by atoms with Crippen molar-refractivity contribution in [2.75, 3.05) is 0 Å². The molecule has 0 unspecified atom stereocenters. The molecule has 1 aromatic carbocycles. The molecule has 5 heteroatoms. The van der Waals surface area contributed by atoms with Crippen LogP contribution in [0.3, 0.4) is 0 Å². The Hall–Kier alpha value is -2.01. The van der Waals surface area contributed by atoms with Gasteiger partial charge in [0.25, 0.3) is 5.56 Å². The third kappa shape index (κ3) is 2.93. The van der Waals surface area contributed by atoms with Crippen molar-refractivity contribution >= 4 is 10.9 Å². The summed E-state index contributed by atoms with van der Waals surface area (Å²) in [5, 5.41) is 0.682. The van der Waals surface area contributed by atoms with Crippen molar-refractivity contribution in [3.05, 3.63) is 76.6 Å². The molecule has 0 aliphatic rings. The molecule has 3 nitrogen and oxygen atoms in total. The summed E-state index contributed by atoms with van der Waals surface area (Å²) < 4.78 is 15.1. The van der Waals surface area contributed by atoms with Crippen LogP contribution in [0.2, 0.25) is 0 Å². The Kier molecular flexibility index (Phi) is 4.29. The topological polar surface area (TPSA) is 36.7 Å². The predicted octanol–water partition coefficient (Wildman–Crippen LogP) is -0.993. The van der Waals surface area contributed by atoms with E-state index in [0.717, 1.165) is 5.56 Å². The second-order valence-electron chi connectivity index (χ2n) is 4.42. The van der Waals surface area contributed by atoms with E-state index in [1.807, 2.05) is 47.3 Å². The summed E-state index contributed by atoms with van der Waals surface area (Å²) in [5.41, 5.74) is 1.10. The molecule has 0 saturated carbocycles. The van der Waals surface area contributed by atoms with E-state index in [1.54, 1.807) is 6.07 Å². The smallest absolute Gasteiger partial charge is 0.284 e. The van der Waals surface area contributed by atoms with Gasteiger partial charge in [-0.05, 0) is 6.07 Å². The zero-order valence-corrected chi connectivity index (χ0v) is 12.1. The van der Waals surface area contributed by atoms with Gasteiger partial charge in [0.15, 0.2) is 24.8 Å². The average Bonchev–Trinajstić information content (AvgIpc) is 2.42. The first-order chi connectivity index (χ1) is 9.22. The lowest BCUT2D eigenvalue weighted by Crippen LogP contribution is -3.00. The minimum Gasteiger partial charge on any atom is -1.00 e. The van der Waals surface area contributed by atoms with E-state index >= 15 is 0 Å². The van der Waals surface area contributed by atoms with Gasteiger partial charge in [-0.2, -0.15) is 4.57 Å². The van der Waals surface area contributed by atoms with Crippen LogP contribution in [0, 0.1) is 5.82 Å². The van der Waals surface area contributed by atoms with Crippen molar-refractivity contribution < 1.29 is 25.9 Å². The highest BCUT2D eigenvalue weighted by molar-refractivity contribution is 5.76. The lowest BCUT2D eigenvalue weighted by Gasteiger charge is -2.00. The number of aromatic nitrogens is 2. The highest BCUT2D eigenvalue weighted by Gasteiger charge is 2.07. The summed E-state index contributed by atoms with van der Waals surface area (Å²) in [6.07, 6.45) is 3.68. The minimum atomic E-state index is -0.756. The Labute approximate surface area is 125 Å². The number of nitrogens with one attached hydrogen (secondary N) is 1. The largest absolute Gasteiger partial charge is 1.00 e. The number of nitrogens with zero attached hydrogens (tertiary/aromatic N) is 1. The van der Waals surface area contributed by atoms with Crippen LogP contribution in [0.1, 0.15) is 5.56 Å². The van der Waals surface area contributed by atoms with Crippen LogP contribution < -0.4 is 27.1 Å². The summed E-state index contributed by atoms with van der Waals surface area (Å²) >= 11 is 0. The fourth-order valence-electron chi connectivity index (χ4n) is 2.06. The van der Waals surface area contributed by atoms with Gasteiger partial charge in [-0.3, -0.25) is 4.79 Å². The maximum Gasteiger partial charge on any atom is 0.284 e. The van der Waals surface area contributed by atoms with Crippen LogP contribution in [0.15, 0.2) is 59.7 Å². The van der Waals surface area contributed by atoms with Gasteiger partial charge < -0.3 is 22.0 Å². The zero-order valence-electron chi connectivity index (χ0n) is 10.5. The Morgan fingerprint density at radius 3 is 2.65 bits per heavy atom. The summed E-state index contributed by atoms with van der Waals surface area (Å²) in [5.74, 6) is -0.756. The molecule has 0 aliphatic heterocycles. The molecule has 0 amide bonds. The molecule has 3 rings (SSSR count). The third-order valence-electron chi connectivity index (χ3n) is 3.01. The van der Waals surface area contributed by atoms with Gasteiger partial charge in [-0.15, -0.1) is 0 Å². The van der Waals surface area contributed by atoms with Crippen LogP contribution in [0.4, 0.5) is 4.39 Å². The number of hydrogen-bond acceptors (Lipinski definition) is 1. The number of H-pyrrole nitrogens is 1. The Morgan fingerprint density at radius 2 is 1.90 bits per heavy atom. The van der Waals surface area contributed by atoms with Crippen LogP contribution in [0.5, 0.6) is 0 Å². The van der Waals surface area contributed by atoms with Gasteiger partial charge in [0, 0.05) is 17.0 Å². The highest BCUT2D eigenvalue weighted by Crippen LogP contribution is 2.07. The van der Waals surface area contributed by atoms with Gasteiger partial charge in [0.05, 0.1) is 0 Å². The molecule has 0 radical (unpaired) electrons. The molecule has 3 aromatic rings. The standard InChI is InChI=1S/C15H11FN2O.BrH/c16-13-8-12-6-7-18(10-14(12)17-15(13)19)9-11-4-2-1-3-5-11;/h1-8,10H,9H2;1H. The molecule has 0 atom stereocenters. The van der Waals surface area contributed by atoms with Crippen molar-refractivity contribution in [2.45, 2.75) is 6.54 Å². The lowest BCUT2D eigenvalue weighted by atomic mass is 10.2. The van der Waals surface area contributed by atoms with Crippen LogP contribution in [-0.2, 0) is 6.54 Å². The van der Waals surface area contributed by atoms with Crippen molar-refractivity contribution in [2.24, 2.45) is 0 Å². The second-order valence-corrected chi connectivity index (χ2v) is 4.42. The van der Waals surface area contributed by atoms with Gasteiger partial charge >= 0.3 is 0 Å². The van der Waals surface area contributed by atoms with Gasteiger partial charge in [0.1, 0.15) is 5.52 Å². The molecule has 0 fully saturated rings. The first kappa shape index (κ1) is 14.4. The first-order valence-corrected chi connectivity index (χ1v) is 5.98. The lowest BCUT2D eigenvalue weighted by molar-refractivity contribution is -0.687. The zero-order chi connectivity index (χ0) is 13.2. The predicted molar refractivity (Wildman–Crippen MR) is 70.3 cm³/mol. The molecular formula is C15H12BrFN2O. The van der Waals surface area contributed by atoms with Crippen LogP contribution in [-0.4, -0.2) is 4.98 Å². The summed E-state index contributed by atoms with van der Waals surface area (Å²) in [4.78, 5) is 13.8. The molecule has 20 heavy (non-hydrogen) atoms. The van der Waals surface area contributed by atoms with Crippen molar-refractivity contribution in [1.82, 2.24) is 4.98 Å². The fraction of sp³-hybridized carbons (Fsp3) is 0.0667. The van der Waals surface area contributed by atoms with E-state index in [4.69, 9.17) is 0 Å². The number of benzene rings is 1. The SMILES string of the molecule is O=c1[nH]c2c[n+](Cc3ccccc3)ccc2cc1F.[Br-]. The number of rotatable bonds is 2. The number of aromatic amines is 1. The normalized spacial score (nSPS) is 10.2. The van der Waals surface area contributed by atoms with E-state index in [-0.39, 0.29) is 17.0 Å². The van der Waals surface area contributed by atoms with Gasteiger partial charge in [0.2, 0.25) is 0 Å². The van der Waals surface area contributed by atoms with Crippen molar-refractivity contribution in [3.8, 4) is 0 Å². The Morgan fingerprint density at radius 1 is 1.15 bits per heavy atom. The molecule has 102 valence electrons. The Bertz CT molecular complexity index is 787. The van der Waals surface area contributed by atoms with Crippen LogP contribution in [0.25, 0.3) is 10.9 Å². The minimum absolute atomic E-state index is 0. The summed E-state index contributed by atoms with van der Waals surface area (Å²) in [7, 11) is 0. The molecule has 0 aliphatic carbocycles. The molecular weight excluding hydrogens is 323 g/mol. The summed E-state index contributed by atoms with van der Waals surface area (Å²) in [6, 6.07) is 13.0. The van der Waals surface area contributed by atoms with E-state index in [0.29, 0.717) is 17.4 Å². The average molecular weight is 335 g/mol. The highest BCUT2D eigenvalue weighted by atomic mass is 79.9. The van der Waals surface area contributed by atoms with Gasteiger partial charge in [-0.25, -0.2) is 4.39 Å². The number of fused-ring (bicyclic) bond motifs is 1. The molecule has 2 aromatic heterocycles. The maximum absolute atomic E-state index is 13.1. The molecule has 0 bridgehead atoms. The molecule has 0 spiro atoms. The van der Waals surface area contributed by atoms with E-state index in [1.165, 1.54) is 6.07 Å². The maximum atomic E-state index is 13.1. The van der Waals surface area contributed by atoms with E-state index in [2.05, 4.69) is 4.98 Å². The van der Waals surface area contributed by atoms with E-state index < -0.39 is 11.4 Å². The Balaban J connectivity index is 0.00000147. The molecule has 0 saturated heterocycles. The van der Waals surface area contributed by atoms with Crippen molar-refractivity contribution in [1.29, 1.82) is 0 Å². The number of pyridine rings is 2. The fourth-order valence-corrected chi connectivity index (χ4v) is 2.06. The number of halogens is 2. The summed E-state index contributed by atoms with van der Waals surface area (Å²) in [6.45, 7) is 0.705. The molecule has 2 heterocycles. The van der Waals surface area contributed by atoms with Gasteiger partial charge in [-0.1, -0.05) is 30.3 Å². The molecule has 1 N–H and O–H groups in total. The third-order valence-corrected chi connectivity index (χ3v) is 3.01. The quantitative estimate of drug-likeness (QED) is 0.600. The van der Waals surface area contributed by atoms with Crippen molar-refractivity contribution in [3.63, 3.8) is 0 Å². The monoisotopic (exact) mass is 334 g/mol. The number of hydrogen-bond donors (Lipinski definition) is 1. The first-order valence-electron chi connectivity index (χ1n) is 5.98.